The van der Waals surface area contributed by atoms with E-state index < -0.39 is 10.0 Å². The van der Waals surface area contributed by atoms with Crippen LogP contribution in [0.15, 0.2) is 0 Å². The summed E-state index contributed by atoms with van der Waals surface area (Å²) in [5.41, 5.74) is 1.22. The third-order valence-corrected chi connectivity index (χ3v) is 8.78. The summed E-state index contributed by atoms with van der Waals surface area (Å²) in [7, 11) is -1.47. The first-order chi connectivity index (χ1) is 13.5. The van der Waals surface area contributed by atoms with E-state index >= 15 is 0 Å². The van der Waals surface area contributed by atoms with Gasteiger partial charge in [0.1, 0.15) is 10.6 Å². The molecule has 0 atom stereocenters. The minimum Gasteiger partial charge on any atom is -0.495 e. The second-order valence-corrected chi connectivity index (χ2v) is 10.6. The van der Waals surface area contributed by atoms with E-state index in [4.69, 9.17) is 4.74 Å². The first kappa shape index (κ1) is 21.5. The number of nitrogens with zero attached hydrogens (tertiary/aromatic N) is 2. The smallest absolute Gasteiger partial charge is 0.265 e. The van der Waals surface area contributed by atoms with Crippen molar-refractivity contribution < 1.29 is 17.9 Å². The number of amides is 1. The van der Waals surface area contributed by atoms with Gasteiger partial charge in [0, 0.05) is 49.7 Å². The molecule has 0 unspecified atom stereocenters. The monoisotopic (exact) mass is 429 g/mol. The van der Waals surface area contributed by atoms with Gasteiger partial charge in [-0.3, -0.25) is 9.69 Å². The normalized spacial score (nSPS) is 18.6. The summed E-state index contributed by atoms with van der Waals surface area (Å²) in [6.45, 7) is 5.62. The minimum absolute atomic E-state index is 0.0691. The third kappa shape index (κ3) is 4.87. The molecule has 0 saturated carbocycles. The molecule has 0 radical (unpaired) electrons. The number of nitrogens with one attached hydrogen (secondary N) is 1. The summed E-state index contributed by atoms with van der Waals surface area (Å²) in [6, 6.07) is 0. The summed E-state index contributed by atoms with van der Waals surface area (Å²) >= 11 is 1.56. The van der Waals surface area contributed by atoms with E-state index in [0.717, 1.165) is 31.6 Å². The molecule has 7 nitrogen and oxygen atoms in total. The Morgan fingerprint density at radius 1 is 1.18 bits per heavy atom. The van der Waals surface area contributed by atoms with Crippen molar-refractivity contribution in [1.29, 1.82) is 0 Å². The summed E-state index contributed by atoms with van der Waals surface area (Å²) in [5.74, 6) is 0.905. The van der Waals surface area contributed by atoms with Gasteiger partial charge in [-0.15, -0.1) is 11.3 Å². The molecule has 1 amide bonds. The Bertz CT molecular complexity index is 783. The maximum absolute atomic E-state index is 12.7. The van der Waals surface area contributed by atoms with Crippen molar-refractivity contribution in [3.63, 3.8) is 0 Å². The number of aryl methyl sites for hydroxylation is 1. The molecule has 0 bridgehead atoms. The van der Waals surface area contributed by atoms with Crippen LogP contribution in [0, 0.1) is 0 Å². The average Bonchev–Trinajstić information content (AvgIpc) is 3.07. The van der Waals surface area contributed by atoms with Gasteiger partial charge in [-0.2, -0.15) is 4.31 Å². The molecular formula is C19H31N3O4S2. The van der Waals surface area contributed by atoms with Crippen LogP contribution >= 0.6 is 11.3 Å². The Hall–Kier alpha value is -1.16. The number of hydrogen-bond acceptors (Lipinski definition) is 6. The van der Waals surface area contributed by atoms with Gasteiger partial charge in [-0.1, -0.05) is 6.92 Å². The maximum Gasteiger partial charge on any atom is 0.265 e. The van der Waals surface area contributed by atoms with E-state index in [1.165, 1.54) is 16.9 Å². The van der Waals surface area contributed by atoms with Crippen LogP contribution in [0.4, 0.5) is 0 Å². The largest absolute Gasteiger partial charge is 0.495 e. The van der Waals surface area contributed by atoms with Gasteiger partial charge in [-0.25, -0.2) is 8.42 Å². The first-order valence-electron chi connectivity index (χ1n) is 10.1. The second-order valence-electron chi connectivity index (χ2n) is 7.39. The van der Waals surface area contributed by atoms with Crippen LogP contribution in [0.1, 0.15) is 46.3 Å². The van der Waals surface area contributed by atoms with Crippen LogP contribution < -0.4 is 10.1 Å². The van der Waals surface area contributed by atoms with E-state index in [-0.39, 0.29) is 11.7 Å². The highest BCUT2D eigenvalue weighted by atomic mass is 32.2. The first-order valence-corrected chi connectivity index (χ1v) is 12.6. The van der Waals surface area contributed by atoms with Crippen LogP contribution in [0.3, 0.4) is 0 Å². The SMILES string of the molecule is CCCS(=O)(=O)N1CCN(CCNC(=O)c2sc3c(c2OC)CCCC3)CC1. The fourth-order valence-corrected chi connectivity index (χ4v) is 6.70. The van der Waals surface area contributed by atoms with Crippen molar-refractivity contribution in [2.24, 2.45) is 0 Å². The standard InChI is InChI=1S/C19H31N3O4S2/c1-3-14-28(24,25)22-12-10-21(11-13-22)9-8-20-19(23)18-17(26-2)15-6-4-5-7-16(15)27-18/h3-14H2,1-2H3,(H,20,23). The lowest BCUT2D eigenvalue weighted by Gasteiger charge is -2.33. The van der Waals surface area contributed by atoms with Crippen LogP contribution in [0.2, 0.25) is 0 Å². The molecule has 1 aromatic rings. The van der Waals surface area contributed by atoms with Crippen LogP contribution in [0.25, 0.3) is 0 Å². The zero-order valence-electron chi connectivity index (χ0n) is 16.8. The highest BCUT2D eigenvalue weighted by Crippen LogP contribution is 2.39. The van der Waals surface area contributed by atoms with Gasteiger partial charge in [-0.05, 0) is 32.1 Å². The molecule has 1 saturated heterocycles. The predicted molar refractivity (Wildman–Crippen MR) is 112 cm³/mol. The number of sulfonamides is 1. The lowest BCUT2D eigenvalue weighted by atomic mass is 9.98. The number of fused-ring (bicyclic) bond motifs is 1. The van der Waals surface area contributed by atoms with Gasteiger partial charge in [0.2, 0.25) is 10.0 Å². The van der Waals surface area contributed by atoms with Gasteiger partial charge >= 0.3 is 0 Å². The third-order valence-electron chi connectivity index (χ3n) is 5.43. The Morgan fingerprint density at radius 2 is 1.89 bits per heavy atom. The second kappa shape index (κ2) is 9.56. The van der Waals surface area contributed by atoms with Gasteiger partial charge < -0.3 is 10.1 Å². The molecule has 1 fully saturated rings. The zero-order chi connectivity index (χ0) is 20.1. The highest BCUT2D eigenvalue weighted by Gasteiger charge is 2.27. The molecule has 158 valence electrons. The number of ether oxygens (including phenoxy) is 1. The molecule has 1 aliphatic heterocycles. The minimum atomic E-state index is -3.11. The fraction of sp³-hybridized carbons (Fsp3) is 0.737. The fourth-order valence-electron chi connectivity index (χ4n) is 3.93. The van der Waals surface area contributed by atoms with E-state index in [9.17, 15) is 13.2 Å². The number of carbonyl (C=O) groups excluding carboxylic acids is 1. The molecule has 2 aliphatic rings. The van der Waals surface area contributed by atoms with Crippen molar-refractivity contribution in [2.45, 2.75) is 39.0 Å². The molecule has 0 spiro atoms. The quantitative estimate of drug-likeness (QED) is 0.681. The Balaban J connectivity index is 1.47. The van der Waals surface area contributed by atoms with Crippen LogP contribution in [-0.4, -0.2) is 75.7 Å². The molecular weight excluding hydrogens is 398 g/mol. The van der Waals surface area contributed by atoms with E-state index in [1.54, 1.807) is 22.8 Å². The lowest BCUT2D eigenvalue weighted by molar-refractivity contribution is 0.0946. The molecule has 0 aromatic carbocycles. The van der Waals surface area contributed by atoms with Gasteiger partial charge in [0.15, 0.2) is 0 Å². The Morgan fingerprint density at radius 3 is 2.57 bits per heavy atom. The van der Waals surface area contributed by atoms with Crippen molar-refractivity contribution in [1.82, 2.24) is 14.5 Å². The van der Waals surface area contributed by atoms with Crippen molar-refractivity contribution in [3.05, 3.63) is 15.3 Å². The van der Waals surface area contributed by atoms with Crippen molar-refractivity contribution in [3.8, 4) is 5.75 Å². The molecule has 3 rings (SSSR count). The summed E-state index contributed by atoms with van der Waals surface area (Å²) in [5, 5.41) is 3.01. The Kier molecular flexibility index (Phi) is 7.36. The molecule has 28 heavy (non-hydrogen) atoms. The van der Waals surface area contributed by atoms with E-state index in [2.05, 4.69) is 10.2 Å². The molecule has 1 aliphatic carbocycles. The number of piperazine rings is 1. The maximum atomic E-state index is 12.7. The zero-order valence-corrected chi connectivity index (χ0v) is 18.5. The molecule has 1 aromatic heterocycles. The topological polar surface area (TPSA) is 79.0 Å². The Labute approximate surface area is 172 Å². The number of thiophene rings is 1. The number of rotatable bonds is 8. The summed E-state index contributed by atoms with van der Waals surface area (Å²) in [6.07, 6.45) is 5.01. The van der Waals surface area contributed by atoms with Crippen LogP contribution in [-0.2, 0) is 22.9 Å². The van der Waals surface area contributed by atoms with Crippen molar-refractivity contribution in [2.75, 3.05) is 52.1 Å². The van der Waals surface area contributed by atoms with Gasteiger partial charge in [0.05, 0.1) is 12.9 Å². The average molecular weight is 430 g/mol. The summed E-state index contributed by atoms with van der Waals surface area (Å²) in [4.78, 5) is 16.8. The van der Waals surface area contributed by atoms with Crippen molar-refractivity contribution >= 4 is 27.3 Å². The predicted octanol–water partition coefficient (Wildman–Crippen LogP) is 1.72. The molecule has 2 heterocycles. The number of carbonyl (C=O) groups is 1. The molecule has 1 N–H and O–H groups in total. The van der Waals surface area contributed by atoms with E-state index in [1.807, 2.05) is 6.92 Å². The van der Waals surface area contributed by atoms with Crippen LogP contribution in [0.5, 0.6) is 5.75 Å². The summed E-state index contributed by atoms with van der Waals surface area (Å²) < 4.78 is 31.4. The highest BCUT2D eigenvalue weighted by molar-refractivity contribution is 7.89. The lowest BCUT2D eigenvalue weighted by Crippen LogP contribution is -2.50. The number of methoxy groups -OCH3 is 1. The molecule has 9 heteroatoms. The number of hydrogen-bond donors (Lipinski definition) is 1. The van der Waals surface area contributed by atoms with Gasteiger partial charge in [0.25, 0.3) is 5.91 Å². The van der Waals surface area contributed by atoms with E-state index in [0.29, 0.717) is 44.0 Å².